The Bertz CT molecular complexity index is 529. The molecule has 1 fully saturated rings. The van der Waals surface area contributed by atoms with Crippen LogP contribution in [0.4, 0.5) is 4.39 Å². The van der Waals surface area contributed by atoms with E-state index in [9.17, 15) is 19.4 Å². The van der Waals surface area contributed by atoms with Crippen LogP contribution in [-0.2, 0) is 4.79 Å². The molecule has 1 aliphatic heterocycles. The van der Waals surface area contributed by atoms with E-state index >= 15 is 0 Å². The lowest BCUT2D eigenvalue weighted by Gasteiger charge is -2.25. The molecule has 23 heavy (non-hydrogen) atoms. The fraction of sp³-hybridized carbons (Fsp3) is 0.562. The molecule has 2 atom stereocenters. The monoisotopic (exact) mass is 326 g/mol. The van der Waals surface area contributed by atoms with Gasteiger partial charge in [-0.2, -0.15) is 0 Å². The highest BCUT2D eigenvalue weighted by atomic mass is 19.1. The van der Waals surface area contributed by atoms with E-state index in [1.807, 2.05) is 0 Å². The zero-order valence-electron chi connectivity index (χ0n) is 13.2. The van der Waals surface area contributed by atoms with Gasteiger partial charge in [0.1, 0.15) is 6.61 Å². The van der Waals surface area contributed by atoms with Gasteiger partial charge < -0.3 is 19.8 Å². The van der Waals surface area contributed by atoms with Gasteiger partial charge in [-0.3, -0.25) is 9.69 Å². The van der Waals surface area contributed by atoms with Crippen molar-refractivity contribution >= 4 is 5.91 Å². The number of nitrogens with zero attached hydrogens (tertiary/aromatic N) is 2. The molecule has 0 aromatic heterocycles. The van der Waals surface area contributed by atoms with Crippen LogP contribution >= 0.6 is 0 Å². The van der Waals surface area contributed by atoms with Gasteiger partial charge >= 0.3 is 0 Å². The summed E-state index contributed by atoms with van der Waals surface area (Å²) < 4.78 is 18.7. The summed E-state index contributed by atoms with van der Waals surface area (Å²) in [4.78, 5) is 15.4. The van der Waals surface area contributed by atoms with Crippen molar-refractivity contribution in [3.05, 3.63) is 30.1 Å². The predicted octanol–water partition coefficient (Wildman–Crippen LogP) is 0.0904. The second-order valence-electron chi connectivity index (χ2n) is 5.75. The van der Waals surface area contributed by atoms with Crippen molar-refractivity contribution in [2.45, 2.75) is 18.6 Å². The first-order chi connectivity index (χ1) is 11.0. The molecule has 1 saturated heterocycles. The standard InChI is InChI=1S/C16H23FN2O4/c1-18(6-7-23-15-5-3-2-4-14(15)17)16(22)10-19-9-13(21)8-12(19)11-20/h2-5,12-13,20-21H,6-11H2,1H3/t12-,13+/m0/s1. The third kappa shape index (κ3) is 4.89. The molecular weight excluding hydrogens is 303 g/mol. The van der Waals surface area contributed by atoms with E-state index in [0.717, 1.165) is 0 Å². The van der Waals surface area contributed by atoms with Crippen molar-refractivity contribution < 1.29 is 24.1 Å². The van der Waals surface area contributed by atoms with E-state index in [1.165, 1.54) is 17.0 Å². The fourth-order valence-corrected chi connectivity index (χ4v) is 2.61. The number of carbonyl (C=O) groups is 1. The Balaban J connectivity index is 1.76. The number of likely N-dealkylation sites (tertiary alicyclic amines) is 1. The summed E-state index contributed by atoms with van der Waals surface area (Å²) in [6, 6.07) is 5.94. The molecule has 7 heteroatoms. The van der Waals surface area contributed by atoms with Gasteiger partial charge in [-0.05, 0) is 18.6 Å². The number of likely N-dealkylation sites (N-methyl/N-ethyl adjacent to an activating group) is 1. The molecule has 0 aliphatic carbocycles. The zero-order valence-corrected chi connectivity index (χ0v) is 13.2. The summed E-state index contributed by atoms with van der Waals surface area (Å²) in [5, 5.41) is 18.9. The van der Waals surface area contributed by atoms with Crippen molar-refractivity contribution in [3.63, 3.8) is 0 Å². The molecule has 0 spiro atoms. The van der Waals surface area contributed by atoms with Gasteiger partial charge in [0.2, 0.25) is 5.91 Å². The van der Waals surface area contributed by atoms with Gasteiger partial charge in [-0.1, -0.05) is 12.1 Å². The molecule has 0 bridgehead atoms. The highest BCUT2D eigenvalue weighted by molar-refractivity contribution is 5.78. The minimum absolute atomic E-state index is 0.0789. The molecule has 128 valence electrons. The van der Waals surface area contributed by atoms with Crippen LogP contribution in [0.2, 0.25) is 0 Å². The molecular formula is C16H23FN2O4. The molecule has 1 aliphatic rings. The van der Waals surface area contributed by atoms with Gasteiger partial charge in [-0.15, -0.1) is 0 Å². The first-order valence-electron chi connectivity index (χ1n) is 7.65. The Hall–Kier alpha value is -1.70. The van der Waals surface area contributed by atoms with Gasteiger partial charge in [-0.25, -0.2) is 4.39 Å². The summed E-state index contributed by atoms with van der Waals surface area (Å²) in [5.74, 6) is -0.399. The lowest BCUT2D eigenvalue weighted by molar-refractivity contribution is -0.131. The third-order valence-electron chi connectivity index (χ3n) is 4.00. The third-order valence-corrected chi connectivity index (χ3v) is 4.00. The molecule has 6 nitrogen and oxygen atoms in total. The predicted molar refractivity (Wildman–Crippen MR) is 82.6 cm³/mol. The lowest BCUT2D eigenvalue weighted by Crippen LogP contribution is -2.43. The molecule has 1 aromatic carbocycles. The Morgan fingerprint density at radius 3 is 2.91 bits per heavy atom. The molecule has 2 rings (SSSR count). The van der Waals surface area contributed by atoms with Crippen molar-refractivity contribution in [1.29, 1.82) is 0 Å². The number of aliphatic hydroxyl groups is 2. The van der Waals surface area contributed by atoms with E-state index in [4.69, 9.17) is 4.74 Å². The van der Waals surface area contributed by atoms with Crippen molar-refractivity contribution in [3.8, 4) is 5.75 Å². The molecule has 2 N–H and O–H groups in total. The summed E-state index contributed by atoms with van der Waals surface area (Å²) >= 11 is 0. The number of hydrogen-bond acceptors (Lipinski definition) is 5. The molecule has 0 unspecified atom stereocenters. The summed E-state index contributed by atoms with van der Waals surface area (Å²) in [7, 11) is 1.65. The normalized spacial score (nSPS) is 21.4. The van der Waals surface area contributed by atoms with E-state index in [2.05, 4.69) is 0 Å². The lowest BCUT2D eigenvalue weighted by atomic mass is 10.2. The van der Waals surface area contributed by atoms with Crippen LogP contribution in [0.3, 0.4) is 0 Å². The molecule has 0 radical (unpaired) electrons. The van der Waals surface area contributed by atoms with E-state index < -0.39 is 11.9 Å². The number of halogens is 1. The van der Waals surface area contributed by atoms with Crippen LogP contribution in [0.1, 0.15) is 6.42 Å². The van der Waals surface area contributed by atoms with Gasteiger partial charge in [0.05, 0.1) is 25.8 Å². The maximum absolute atomic E-state index is 13.4. The Labute approximate surface area is 135 Å². The smallest absolute Gasteiger partial charge is 0.236 e. The number of para-hydroxylation sites is 1. The minimum Gasteiger partial charge on any atom is -0.489 e. The second-order valence-corrected chi connectivity index (χ2v) is 5.75. The Morgan fingerprint density at radius 1 is 1.48 bits per heavy atom. The molecule has 0 saturated carbocycles. The van der Waals surface area contributed by atoms with Crippen LogP contribution in [0.25, 0.3) is 0 Å². The number of hydrogen-bond donors (Lipinski definition) is 2. The maximum Gasteiger partial charge on any atom is 0.236 e. The van der Waals surface area contributed by atoms with Crippen molar-refractivity contribution in [2.24, 2.45) is 0 Å². The number of rotatable bonds is 7. The number of ether oxygens (including phenoxy) is 1. The van der Waals surface area contributed by atoms with Crippen LogP contribution in [0.5, 0.6) is 5.75 Å². The number of β-amino-alcohol motifs (C(OH)–C–C–N with tert-alkyl or cyclic N) is 1. The first kappa shape index (κ1) is 17.7. The van der Waals surface area contributed by atoms with Crippen LogP contribution in [0, 0.1) is 5.82 Å². The number of aliphatic hydroxyl groups excluding tert-OH is 2. The highest BCUT2D eigenvalue weighted by Gasteiger charge is 2.32. The average molecular weight is 326 g/mol. The summed E-state index contributed by atoms with van der Waals surface area (Å²) in [5.41, 5.74) is 0. The van der Waals surface area contributed by atoms with Gasteiger partial charge in [0.25, 0.3) is 0 Å². The Kier molecular flexibility index (Phi) is 6.32. The number of amides is 1. The number of carbonyl (C=O) groups excluding carboxylic acids is 1. The molecule has 1 amide bonds. The van der Waals surface area contributed by atoms with Gasteiger partial charge in [0.15, 0.2) is 11.6 Å². The summed E-state index contributed by atoms with van der Waals surface area (Å²) in [6.07, 6.45) is -0.0289. The van der Waals surface area contributed by atoms with Crippen molar-refractivity contribution in [1.82, 2.24) is 9.80 Å². The summed E-state index contributed by atoms with van der Waals surface area (Å²) in [6.45, 7) is 0.960. The second kappa shape index (κ2) is 8.24. The largest absolute Gasteiger partial charge is 0.489 e. The fourth-order valence-electron chi connectivity index (χ4n) is 2.61. The Morgan fingerprint density at radius 2 is 2.22 bits per heavy atom. The SMILES string of the molecule is CN(CCOc1ccccc1F)C(=O)CN1C[C@H](O)C[C@H]1CO. The molecule has 1 heterocycles. The highest BCUT2D eigenvalue weighted by Crippen LogP contribution is 2.17. The van der Waals surface area contributed by atoms with Crippen LogP contribution in [-0.4, -0.2) is 78.0 Å². The topological polar surface area (TPSA) is 73.2 Å². The maximum atomic E-state index is 13.4. The first-order valence-corrected chi connectivity index (χ1v) is 7.65. The minimum atomic E-state index is -0.505. The average Bonchev–Trinajstić information content (AvgIpc) is 2.88. The van der Waals surface area contributed by atoms with Crippen LogP contribution < -0.4 is 4.74 Å². The van der Waals surface area contributed by atoms with E-state index in [-0.39, 0.29) is 37.5 Å². The van der Waals surface area contributed by atoms with Gasteiger partial charge in [0, 0.05) is 19.6 Å². The van der Waals surface area contributed by atoms with Crippen LogP contribution in [0.15, 0.2) is 24.3 Å². The quantitative estimate of drug-likeness (QED) is 0.743. The van der Waals surface area contributed by atoms with E-state index in [1.54, 1.807) is 24.1 Å². The zero-order chi connectivity index (χ0) is 16.8. The molecule has 1 aromatic rings. The number of benzene rings is 1. The van der Waals surface area contributed by atoms with E-state index in [0.29, 0.717) is 19.5 Å². The van der Waals surface area contributed by atoms with Crippen molar-refractivity contribution in [2.75, 3.05) is 39.9 Å².